The molecular weight excluding hydrogens is 336 g/mol. The fourth-order valence-corrected chi connectivity index (χ4v) is 3.40. The van der Waals surface area contributed by atoms with E-state index >= 15 is 0 Å². The molecule has 1 aliphatic rings. The van der Waals surface area contributed by atoms with E-state index in [0.717, 1.165) is 24.4 Å². The number of anilines is 1. The van der Waals surface area contributed by atoms with Crippen molar-refractivity contribution in [2.75, 3.05) is 25.0 Å². The predicted octanol–water partition coefficient (Wildman–Crippen LogP) is 2.03. The fourth-order valence-electron chi connectivity index (χ4n) is 2.68. The van der Waals surface area contributed by atoms with Crippen molar-refractivity contribution in [2.24, 2.45) is 0 Å². The van der Waals surface area contributed by atoms with Crippen LogP contribution in [0.1, 0.15) is 28.2 Å². The number of nitrogens with zero attached hydrogens (tertiary/aromatic N) is 6. The number of carbonyl (C=O) groups excluding carboxylic acids is 1. The van der Waals surface area contributed by atoms with Gasteiger partial charge in [0.05, 0.1) is 23.1 Å². The summed E-state index contributed by atoms with van der Waals surface area (Å²) in [7, 11) is 1.97. The zero-order chi connectivity index (χ0) is 16.4. The Morgan fingerprint density at radius 1 is 1.35 bits per heavy atom. The van der Waals surface area contributed by atoms with Crippen molar-refractivity contribution in [3.05, 3.63) is 28.0 Å². The van der Waals surface area contributed by atoms with Crippen LogP contribution in [0.15, 0.2) is 12.4 Å². The lowest BCUT2D eigenvalue weighted by Gasteiger charge is -2.36. The van der Waals surface area contributed by atoms with Gasteiger partial charge in [-0.15, -0.1) is 5.10 Å². The molecule has 7 nitrogen and oxygen atoms in total. The average Bonchev–Trinajstić information content (AvgIpc) is 3.00. The first-order chi connectivity index (χ1) is 11.1. The third-order valence-electron chi connectivity index (χ3n) is 4.07. The molecule has 2 aromatic rings. The predicted molar refractivity (Wildman–Crippen MR) is 89.0 cm³/mol. The lowest BCUT2D eigenvalue weighted by molar-refractivity contribution is 0.0717. The first-order valence-corrected chi connectivity index (χ1v) is 8.50. The smallest absolute Gasteiger partial charge is 0.267 e. The van der Waals surface area contributed by atoms with Crippen molar-refractivity contribution in [1.29, 1.82) is 0 Å². The summed E-state index contributed by atoms with van der Waals surface area (Å²) >= 11 is 6.98. The summed E-state index contributed by atoms with van der Waals surface area (Å²) < 4.78 is 3.84. The Labute approximate surface area is 143 Å². The summed E-state index contributed by atoms with van der Waals surface area (Å²) in [4.78, 5) is 25.5. The number of piperidine rings is 1. The van der Waals surface area contributed by atoms with Gasteiger partial charge in [0.15, 0.2) is 0 Å². The zero-order valence-electron chi connectivity index (χ0n) is 12.9. The van der Waals surface area contributed by atoms with Crippen LogP contribution < -0.4 is 4.90 Å². The molecule has 1 fully saturated rings. The summed E-state index contributed by atoms with van der Waals surface area (Å²) in [6, 6.07) is 0.306. The molecule has 0 radical (unpaired) electrons. The normalized spacial score (nSPS) is 15.7. The number of carbonyl (C=O) groups is 1. The number of rotatable bonds is 3. The number of halogens is 1. The van der Waals surface area contributed by atoms with Crippen LogP contribution in [-0.4, -0.2) is 56.5 Å². The minimum Gasteiger partial charge on any atom is -0.341 e. The number of hydrogen-bond donors (Lipinski definition) is 0. The molecular formula is C14H17ClN6OS. The molecule has 2 aromatic heterocycles. The molecule has 0 bridgehead atoms. The molecule has 23 heavy (non-hydrogen) atoms. The molecule has 0 aliphatic carbocycles. The van der Waals surface area contributed by atoms with E-state index in [1.807, 2.05) is 18.9 Å². The van der Waals surface area contributed by atoms with Crippen molar-refractivity contribution in [2.45, 2.75) is 25.8 Å². The SMILES string of the molecule is Cc1nnsc1C(=O)N1CCC(N(C)c2ncc(Cl)cn2)CC1. The summed E-state index contributed by atoms with van der Waals surface area (Å²) in [5.41, 5.74) is 0.703. The number of likely N-dealkylation sites (tertiary alicyclic amines) is 1. The van der Waals surface area contributed by atoms with Crippen LogP contribution in [-0.2, 0) is 0 Å². The van der Waals surface area contributed by atoms with Crippen LogP contribution in [0, 0.1) is 6.92 Å². The van der Waals surface area contributed by atoms with Crippen LogP contribution in [0.25, 0.3) is 0 Å². The largest absolute Gasteiger partial charge is 0.341 e. The van der Waals surface area contributed by atoms with E-state index in [9.17, 15) is 4.79 Å². The molecule has 3 heterocycles. The van der Waals surface area contributed by atoms with E-state index in [4.69, 9.17) is 11.6 Å². The highest BCUT2D eigenvalue weighted by Gasteiger charge is 2.28. The Hall–Kier alpha value is -1.80. The molecule has 0 unspecified atom stereocenters. The van der Waals surface area contributed by atoms with Crippen molar-refractivity contribution in [3.63, 3.8) is 0 Å². The number of aromatic nitrogens is 4. The molecule has 0 N–H and O–H groups in total. The molecule has 1 aliphatic heterocycles. The maximum Gasteiger partial charge on any atom is 0.267 e. The standard InChI is InChI=1S/C14H17ClN6OS/c1-9-12(23-19-18-9)13(22)21-5-3-11(4-6-21)20(2)14-16-7-10(15)8-17-14/h7-8,11H,3-6H2,1-2H3. The fraction of sp³-hybridized carbons (Fsp3) is 0.500. The van der Waals surface area contributed by atoms with Gasteiger partial charge in [-0.25, -0.2) is 9.97 Å². The summed E-state index contributed by atoms with van der Waals surface area (Å²) in [6.07, 6.45) is 4.94. The van der Waals surface area contributed by atoms with E-state index in [1.54, 1.807) is 12.4 Å². The van der Waals surface area contributed by atoms with Gasteiger partial charge in [0.1, 0.15) is 4.88 Å². The Kier molecular flexibility index (Phi) is 4.72. The lowest BCUT2D eigenvalue weighted by atomic mass is 10.0. The first kappa shape index (κ1) is 16.1. The van der Waals surface area contributed by atoms with Gasteiger partial charge in [-0.2, -0.15) is 0 Å². The Bertz CT molecular complexity index is 683. The van der Waals surface area contributed by atoms with Crippen LogP contribution in [0.2, 0.25) is 5.02 Å². The molecule has 0 saturated carbocycles. The van der Waals surface area contributed by atoms with Crippen LogP contribution in [0.4, 0.5) is 5.95 Å². The maximum atomic E-state index is 12.5. The van der Waals surface area contributed by atoms with Gasteiger partial charge in [0, 0.05) is 26.2 Å². The van der Waals surface area contributed by atoms with Crippen LogP contribution >= 0.6 is 23.1 Å². The van der Waals surface area contributed by atoms with Crippen LogP contribution in [0.3, 0.4) is 0 Å². The Morgan fingerprint density at radius 2 is 2.00 bits per heavy atom. The van der Waals surface area contributed by atoms with Gasteiger partial charge in [0.25, 0.3) is 5.91 Å². The second-order valence-electron chi connectivity index (χ2n) is 5.52. The molecule has 1 amide bonds. The summed E-state index contributed by atoms with van der Waals surface area (Å²) in [5.74, 6) is 0.683. The maximum absolute atomic E-state index is 12.5. The molecule has 0 atom stereocenters. The minimum absolute atomic E-state index is 0.0290. The first-order valence-electron chi connectivity index (χ1n) is 7.35. The number of hydrogen-bond acceptors (Lipinski definition) is 7. The number of amides is 1. The van der Waals surface area contributed by atoms with E-state index in [-0.39, 0.29) is 5.91 Å². The second-order valence-corrected chi connectivity index (χ2v) is 6.71. The third-order valence-corrected chi connectivity index (χ3v) is 5.08. The van der Waals surface area contributed by atoms with Gasteiger partial charge in [-0.3, -0.25) is 4.79 Å². The van der Waals surface area contributed by atoms with Gasteiger partial charge in [-0.05, 0) is 31.3 Å². The molecule has 122 valence electrons. The number of aryl methyl sites for hydroxylation is 1. The van der Waals surface area contributed by atoms with Crippen molar-refractivity contribution >= 4 is 35.0 Å². The highest BCUT2D eigenvalue weighted by Crippen LogP contribution is 2.22. The Balaban J connectivity index is 1.61. The van der Waals surface area contributed by atoms with Crippen LogP contribution in [0.5, 0.6) is 0 Å². The van der Waals surface area contributed by atoms with Gasteiger partial charge >= 0.3 is 0 Å². The average molecular weight is 353 g/mol. The zero-order valence-corrected chi connectivity index (χ0v) is 14.5. The summed E-state index contributed by atoms with van der Waals surface area (Å²) in [6.45, 7) is 3.23. The molecule has 0 aromatic carbocycles. The van der Waals surface area contributed by atoms with Crippen molar-refractivity contribution < 1.29 is 4.79 Å². The quantitative estimate of drug-likeness (QED) is 0.841. The van der Waals surface area contributed by atoms with E-state index in [1.165, 1.54) is 0 Å². The highest BCUT2D eigenvalue weighted by atomic mass is 35.5. The van der Waals surface area contributed by atoms with Crippen molar-refractivity contribution in [1.82, 2.24) is 24.5 Å². The van der Waals surface area contributed by atoms with E-state index in [2.05, 4.69) is 24.5 Å². The highest BCUT2D eigenvalue weighted by molar-refractivity contribution is 7.07. The minimum atomic E-state index is 0.0290. The second kappa shape index (κ2) is 6.76. The van der Waals surface area contributed by atoms with E-state index in [0.29, 0.717) is 40.7 Å². The molecule has 3 rings (SSSR count). The molecule has 0 spiro atoms. The third kappa shape index (κ3) is 3.42. The van der Waals surface area contributed by atoms with Gasteiger partial charge < -0.3 is 9.80 Å². The van der Waals surface area contributed by atoms with Gasteiger partial charge in [-0.1, -0.05) is 16.1 Å². The Morgan fingerprint density at radius 3 is 2.57 bits per heavy atom. The molecule has 9 heteroatoms. The lowest BCUT2D eigenvalue weighted by Crippen LogP contribution is -2.46. The van der Waals surface area contributed by atoms with Crippen molar-refractivity contribution in [3.8, 4) is 0 Å². The van der Waals surface area contributed by atoms with Gasteiger partial charge in [0.2, 0.25) is 5.95 Å². The topological polar surface area (TPSA) is 75.1 Å². The monoisotopic (exact) mass is 352 g/mol. The van der Waals surface area contributed by atoms with E-state index < -0.39 is 0 Å². The molecule has 1 saturated heterocycles. The summed E-state index contributed by atoms with van der Waals surface area (Å²) in [5, 5.41) is 4.43.